The molecule has 1 aromatic rings. The second-order valence-corrected chi connectivity index (χ2v) is 6.42. The first-order valence-corrected chi connectivity index (χ1v) is 7.77. The van der Waals surface area contributed by atoms with Gasteiger partial charge in [0.1, 0.15) is 4.60 Å². The molecule has 5 nitrogen and oxygen atoms in total. The summed E-state index contributed by atoms with van der Waals surface area (Å²) in [6, 6.07) is 0. The van der Waals surface area contributed by atoms with Crippen LogP contribution in [0, 0.1) is 5.41 Å². The molecule has 2 aliphatic rings. The summed E-state index contributed by atoms with van der Waals surface area (Å²) >= 11 is 3.20. The van der Waals surface area contributed by atoms with Gasteiger partial charge in [-0.1, -0.05) is 25.7 Å². The summed E-state index contributed by atoms with van der Waals surface area (Å²) < 4.78 is 0.588. The predicted octanol–water partition coefficient (Wildman–Crippen LogP) is 2.84. The van der Waals surface area contributed by atoms with Gasteiger partial charge in [0.05, 0.1) is 17.8 Å². The first-order chi connectivity index (χ1) is 9.62. The van der Waals surface area contributed by atoms with Crippen molar-refractivity contribution < 1.29 is 9.59 Å². The minimum atomic E-state index is -0.484. The third-order valence-electron chi connectivity index (χ3n) is 4.29. The molecular weight excluding hydrogens is 322 g/mol. The summed E-state index contributed by atoms with van der Waals surface area (Å²) in [5, 5.41) is 0. The molecule has 2 fully saturated rings. The van der Waals surface area contributed by atoms with Gasteiger partial charge in [-0.25, -0.2) is 14.9 Å². The van der Waals surface area contributed by atoms with Crippen molar-refractivity contribution in [2.45, 2.75) is 44.9 Å². The summed E-state index contributed by atoms with van der Waals surface area (Å²) in [7, 11) is 0. The topological polar surface area (TPSA) is 63.2 Å². The van der Waals surface area contributed by atoms with Gasteiger partial charge in [0.25, 0.3) is 0 Å². The van der Waals surface area contributed by atoms with Crippen molar-refractivity contribution in [2.24, 2.45) is 5.41 Å². The molecule has 6 heteroatoms. The highest BCUT2D eigenvalue weighted by Crippen LogP contribution is 2.45. The molecule has 1 saturated heterocycles. The maximum Gasteiger partial charge on any atom is 0.241 e. The van der Waals surface area contributed by atoms with Gasteiger partial charge in [-0.3, -0.25) is 9.59 Å². The van der Waals surface area contributed by atoms with Crippen molar-refractivity contribution in [1.29, 1.82) is 0 Å². The van der Waals surface area contributed by atoms with Gasteiger partial charge in [0.15, 0.2) is 5.82 Å². The van der Waals surface area contributed by atoms with E-state index in [-0.39, 0.29) is 11.8 Å². The molecule has 1 aromatic heterocycles. The lowest BCUT2D eigenvalue weighted by atomic mass is 9.79. The second kappa shape index (κ2) is 5.24. The van der Waals surface area contributed by atoms with E-state index in [2.05, 4.69) is 25.9 Å². The molecule has 0 atom stereocenters. The van der Waals surface area contributed by atoms with E-state index in [9.17, 15) is 9.59 Å². The lowest BCUT2D eigenvalue weighted by Crippen LogP contribution is -2.36. The molecular formula is C14H16BrN3O2. The number of anilines is 1. The molecule has 1 aliphatic carbocycles. The van der Waals surface area contributed by atoms with Crippen molar-refractivity contribution in [1.82, 2.24) is 9.97 Å². The van der Waals surface area contributed by atoms with E-state index in [0.717, 1.165) is 38.5 Å². The van der Waals surface area contributed by atoms with Gasteiger partial charge in [-0.2, -0.15) is 0 Å². The Labute approximate surface area is 125 Å². The van der Waals surface area contributed by atoms with Crippen molar-refractivity contribution in [3.05, 3.63) is 17.0 Å². The number of aromatic nitrogens is 2. The van der Waals surface area contributed by atoms with Crippen molar-refractivity contribution in [3.63, 3.8) is 0 Å². The van der Waals surface area contributed by atoms with E-state index in [1.54, 1.807) is 0 Å². The number of rotatable bonds is 1. The average molecular weight is 338 g/mol. The van der Waals surface area contributed by atoms with Gasteiger partial charge in [-0.05, 0) is 28.8 Å². The zero-order valence-electron chi connectivity index (χ0n) is 11.1. The van der Waals surface area contributed by atoms with Crippen LogP contribution in [0.4, 0.5) is 5.82 Å². The minimum Gasteiger partial charge on any atom is -0.274 e. The molecule has 1 spiro atoms. The van der Waals surface area contributed by atoms with Gasteiger partial charge in [0, 0.05) is 6.42 Å². The second-order valence-electron chi connectivity index (χ2n) is 5.60. The largest absolute Gasteiger partial charge is 0.274 e. The number of imide groups is 1. The van der Waals surface area contributed by atoms with Crippen LogP contribution in [0.25, 0.3) is 0 Å². The summed E-state index contributed by atoms with van der Waals surface area (Å²) in [6.07, 6.45) is 9.30. The molecule has 0 aromatic carbocycles. The Morgan fingerprint density at radius 1 is 1.05 bits per heavy atom. The fourth-order valence-electron chi connectivity index (χ4n) is 3.24. The molecule has 0 bridgehead atoms. The number of hydrogen-bond donors (Lipinski definition) is 0. The van der Waals surface area contributed by atoms with Gasteiger partial charge >= 0.3 is 0 Å². The zero-order valence-corrected chi connectivity index (χ0v) is 12.7. The number of amides is 2. The van der Waals surface area contributed by atoms with E-state index in [0.29, 0.717) is 16.8 Å². The van der Waals surface area contributed by atoms with Gasteiger partial charge in [0.2, 0.25) is 11.8 Å². The highest BCUT2D eigenvalue weighted by atomic mass is 79.9. The molecule has 0 N–H and O–H groups in total. The van der Waals surface area contributed by atoms with Crippen LogP contribution in [-0.4, -0.2) is 21.8 Å². The SMILES string of the molecule is O=C1CC2(CCCCCC2)C(=O)N1c1cnc(Br)cn1. The first kappa shape index (κ1) is 13.7. The van der Waals surface area contributed by atoms with Crippen LogP contribution in [0.2, 0.25) is 0 Å². The lowest BCUT2D eigenvalue weighted by Gasteiger charge is -2.24. The maximum absolute atomic E-state index is 12.8. The van der Waals surface area contributed by atoms with Gasteiger partial charge < -0.3 is 0 Å². The van der Waals surface area contributed by atoms with E-state index in [1.165, 1.54) is 17.3 Å². The molecule has 1 saturated carbocycles. The Bertz CT molecular complexity index is 536. The highest BCUT2D eigenvalue weighted by Gasteiger charge is 2.51. The quantitative estimate of drug-likeness (QED) is 0.739. The maximum atomic E-state index is 12.8. The van der Waals surface area contributed by atoms with Crippen LogP contribution in [-0.2, 0) is 9.59 Å². The summed E-state index contributed by atoms with van der Waals surface area (Å²) in [6.45, 7) is 0. The predicted molar refractivity (Wildman–Crippen MR) is 77.0 cm³/mol. The van der Waals surface area contributed by atoms with E-state index >= 15 is 0 Å². The Kier molecular flexibility index (Phi) is 3.58. The van der Waals surface area contributed by atoms with Crippen LogP contribution in [0.5, 0.6) is 0 Å². The number of carbonyl (C=O) groups is 2. The van der Waals surface area contributed by atoms with Crippen LogP contribution >= 0.6 is 15.9 Å². The third-order valence-corrected chi connectivity index (χ3v) is 4.70. The standard InChI is InChI=1S/C14H16BrN3O2/c15-10-8-17-11(9-16-10)18-12(19)7-14(13(18)20)5-3-1-2-4-6-14/h8-9H,1-7H2. The van der Waals surface area contributed by atoms with Crippen LogP contribution in [0.15, 0.2) is 17.0 Å². The van der Waals surface area contributed by atoms with E-state index < -0.39 is 5.41 Å². The molecule has 0 unspecified atom stereocenters. The molecule has 2 amide bonds. The molecule has 0 radical (unpaired) electrons. The Morgan fingerprint density at radius 2 is 1.75 bits per heavy atom. The zero-order chi connectivity index (χ0) is 14.2. The van der Waals surface area contributed by atoms with Crippen molar-refractivity contribution >= 4 is 33.6 Å². The molecule has 20 heavy (non-hydrogen) atoms. The molecule has 2 heterocycles. The normalized spacial score (nSPS) is 22.4. The number of nitrogens with zero attached hydrogens (tertiary/aromatic N) is 3. The molecule has 106 valence electrons. The minimum absolute atomic E-state index is 0.0824. The van der Waals surface area contributed by atoms with E-state index in [1.807, 2.05) is 0 Å². The smallest absolute Gasteiger partial charge is 0.241 e. The Hall–Kier alpha value is -1.30. The highest BCUT2D eigenvalue weighted by molar-refractivity contribution is 9.10. The van der Waals surface area contributed by atoms with Crippen molar-refractivity contribution in [3.8, 4) is 0 Å². The van der Waals surface area contributed by atoms with Crippen molar-refractivity contribution in [2.75, 3.05) is 4.90 Å². The van der Waals surface area contributed by atoms with Crippen LogP contribution in [0.1, 0.15) is 44.9 Å². The lowest BCUT2D eigenvalue weighted by molar-refractivity contribution is -0.126. The first-order valence-electron chi connectivity index (χ1n) is 6.97. The summed E-state index contributed by atoms with van der Waals surface area (Å²) in [5.74, 6) is 0.110. The Balaban J connectivity index is 1.91. The fourth-order valence-corrected chi connectivity index (χ4v) is 3.45. The number of carbonyl (C=O) groups excluding carboxylic acids is 2. The fraction of sp³-hybridized carbons (Fsp3) is 0.571. The molecule has 3 rings (SSSR count). The Morgan fingerprint density at radius 3 is 2.35 bits per heavy atom. The van der Waals surface area contributed by atoms with Crippen LogP contribution < -0.4 is 4.90 Å². The number of hydrogen-bond acceptors (Lipinski definition) is 4. The summed E-state index contributed by atoms with van der Waals surface area (Å²) in [4.78, 5) is 34.5. The van der Waals surface area contributed by atoms with Gasteiger partial charge in [-0.15, -0.1) is 0 Å². The van der Waals surface area contributed by atoms with E-state index in [4.69, 9.17) is 0 Å². The van der Waals surface area contributed by atoms with Crippen LogP contribution in [0.3, 0.4) is 0 Å². The number of halogens is 1. The summed E-state index contributed by atoms with van der Waals surface area (Å²) in [5.41, 5.74) is -0.484. The third kappa shape index (κ3) is 2.26. The molecule has 1 aliphatic heterocycles. The average Bonchev–Trinajstić information content (AvgIpc) is 2.60. The monoisotopic (exact) mass is 337 g/mol.